The minimum absolute atomic E-state index is 0.106. The average Bonchev–Trinajstić information content (AvgIpc) is 3.07. The molecule has 0 aromatic carbocycles. The molecular formula is C13H21N3O3S. The van der Waals surface area contributed by atoms with Gasteiger partial charge in [0.25, 0.3) is 0 Å². The molecule has 1 aliphatic heterocycles. The Morgan fingerprint density at radius 3 is 3.00 bits per heavy atom. The van der Waals surface area contributed by atoms with Gasteiger partial charge in [0.05, 0.1) is 5.75 Å². The Balaban J connectivity index is 1.98. The molecule has 2 rings (SSSR count). The van der Waals surface area contributed by atoms with Crippen LogP contribution in [0.15, 0.2) is 18.5 Å². The summed E-state index contributed by atoms with van der Waals surface area (Å²) in [5.41, 5.74) is 0.972. The Morgan fingerprint density at radius 1 is 1.55 bits per heavy atom. The molecule has 2 heterocycles. The molecule has 20 heavy (non-hydrogen) atoms. The zero-order valence-electron chi connectivity index (χ0n) is 11.6. The summed E-state index contributed by atoms with van der Waals surface area (Å²) in [5.74, 6) is -0.0995. The molecule has 0 aliphatic carbocycles. The van der Waals surface area contributed by atoms with Gasteiger partial charge in [0.1, 0.15) is 6.04 Å². The molecule has 6 nitrogen and oxygen atoms in total. The Labute approximate surface area is 119 Å². The minimum atomic E-state index is -3.31. The summed E-state index contributed by atoms with van der Waals surface area (Å²) in [6, 6.07) is 1.33. The molecule has 0 bridgehead atoms. The van der Waals surface area contributed by atoms with Crippen LogP contribution in [0.1, 0.15) is 31.7 Å². The van der Waals surface area contributed by atoms with Gasteiger partial charge in [-0.25, -0.2) is 8.42 Å². The van der Waals surface area contributed by atoms with E-state index in [9.17, 15) is 13.2 Å². The third-order valence-electron chi connectivity index (χ3n) is 3.45. The van der Waals surface area contributed by atoms with Crippen LogP contribution in [0.5, 0.6) is 0 Å². The summed E-state index contributed by atoms with van der Waals surface area (Å²) in [4.78, 5) is 15.1. The molecule has 7 heteroatoms. The van der Waals surface area contributed by atoms with E-state index in [2.05, 4.69) is 10.3 Å². The molecule has 1 saturated heterocycles. The third kappa shape index (κ3) is 3.40. The molecule has 0 spiro atoms. The minimum Gasteiger partial charge on any atom is -0.367 e. The zero-order valence-corrected chi connectivity index (χ0v) is 12.4. The maximum absolute atomic E-state index is 12.2. The fourth-order valence-corrected chi connectivity index (χ4v) is 4.23. The Morgan fingerprint density at radius 2 is 2.35 bits per heavy atom. The van der Waals surface area contributed by atoms with Crippen molar-refractivity contribution in [3.8, 4) is 0 Å². The van der Waals surface area contributed by atoms with Crippen LogP contribution in [0.3, 0.4) is 0 Å². The number of H-pyrrole nitrogens is 1. The quantitative estimate of drug-likeness (QED) is 0.816. The number of rotatable bonds is 6. The second-order valence-electron chi connectivity index (χ2n) is 5.02. The number of carbonyl (C=O) groups is 1. The van der Waals surface area contributed by atoms with Gasteiger partial charge < -0.3 is 10.3 Å². The maximum Gasteiger partial charge on any atom is 0.238 e. The molecular weight excluding hydrogens is 278 g/mol. The molecule has 2 N–H and O–H groups in total. The van der Waals surface area contributed by atoms with E-state index in [1.807, 2.05) is 13.0 Å². The standard InChI is InChI=1S/C13H21N3O3S/c1-2-8-20(18,19)16-7-3-4-12(16)13(17)15-10-11-5-6-14-9-11/h5-6,9,12,14H,2-4,7-8,10H2,1H3,(H,15,17). The molecule has 1 amide bonds. The van der Waals surface area contributed by atoms with Crippen molar-refractivity contribution >= 4 is 15.9 Å². The SMILES string of the molecule is CCCS(=O)(=O)N1CCCC1C(=O)NCc1cc[nH]c1. The van der Waals surface area contributed by atoms with Crippen molar-refractivity contribution in [2.24, 2.45) is 0 Å². The highest BCUT2D eigenvalue weighted by atomic mass is 32.2. The lowest BCUT2D eigenvalue weighted by molar-refractivity contribution is -0.124. The molecule has 1 unspecified atom stereocenters. The van der Waals surface area contributed by atoms with Crippen LogP contribution in [0, 0.1) is 0 Å². The number of hydrogen-bond acceptors (Lipinski definition) is 3. The summed E-state index contributed by atoms with van der Waals surface area (Å²) in [6.07, 6.45) is 5.50. The van der Waals surface area contributed by atoms with Gasteiger partial charge in [-0.3, -0.25) is 4.79 Å². The second kappa shape index (κ2) is 6.41. The first-order valence-electron chi connectivity index (χ1n) is 6.93. The first-order valence-corrected chi connectivity index (χ1v) is 8.54. The summed E-state index contributed by atoms with van der Waals surface area (Å²) >= 11 is 0. The number of aromatic amines is 1. The normalized spacial score (nSPS) is 20.1. The van der Waals surface area contributed by atoms with Gasteiger partial charge in [-0.05, 0) is 30.9 Å². The van der Waals surface area contributed by atoms with E-state index in [1.165, 1.54) is 4.31 Å². The smallest absolute Gasteiger partial charge is 0.238 e. The Kier molecular flexibility index (Phi) is 4.82. The predicted octanol–water partition coefficient (Wildman–Crippen LogP) is 0.835. The summed E-state index contributed by atoms with van der Waals surface area (Å²) in [6.45, 7) is 2.69. The van der Waals surface area contributed by atoms with Gasteiger partial charge in [-0.15, -0.1) is 0 Å². The van der Waals surface area contributed by atoms with E-state index in [1.54, 1.807) is 12.4 Å². The number of hydrogen-bond donors (Lipinski definition) is 2. The molecule has 1 aromatic heterocycles. The van der Waals surface area contributed by atoms with Crippen molar-refractivity contribution in [1.82, 2.24) is 14.6 Å². The summed E-state index contributed by atoms with van der Waals surface area (Å²) in [7, 11) is -3.31. The lowest BCUT2D eigenvalue weighted by atomic mass is 10.2. The van der Waals surface area contributed by atoms with Gasteiger partial charge >= 0.3 is 0 Å². The van der Waals surface area contributed by atoms with Crippen LogP contribution < -0.4 is 5.32 Å². The zero-order chi connectivity index (χ0) is 14.6. The van der Waals surface area contributed by atoms with Crippen molar-refractivity contribution in [2.75, 3.05) is 12.3 Å². The lowest BCUT2D eigenvalue weighted by Gasteiger charge is -2.23. The van der Waals surface area contributed by atoms with Crippen molar-refractivity contribution in [1.29, 1.82) is 0 Å². The molecule has 0 saturated carbocycles. The largest absolute Gasteiger partial charge is 0.367 e. The second-order valence-corrected chi connectivity index (χ2v) is 7.06. The highest BCUT2D eigenvalue weighted by Gasteiger charge is 2.37. The first-order chi connectivity index (χ1) is 9.54. The van der Waals surface area contributed by atoms with Gasteiger partial charge in [0, 0.05) is 25.5 Å². The highest BCUT2D eigenvalue weighted by molar-refractivity contribution is 7.89. The van der Waals surface area contributed by atoms with E-state index < -0.39 is 16.1 Å². The number of nitrogens with one attached hydrogen (secondary N) is 2. The van der Waals surface area contributed by atoms with E-state index in [-0.39, 0.29) is 11.7 Å². The van der Waals surface area contributed by atoms with Crippen LogP contribution in [0.4, 0.5) is 0 Å². The van der Waals surface area contributed by atoms with E-state index in [0.29, 0.717) is 25.9 Å². The van der Waals surface area contributed by atoms with Gasteiger partial charge in [-0.1, -0.05) is 6.92 Å². The van der Waals surface area contributed by atoms with E-state index >= 15 is 0 Å². The molecule has 112 valence electrons. The Bertz CT molecular complexity index is 539. The van der Waals surface area contributed by atoms with Crippen LogP contribution in [0.2, 0.25) is 0 Å². The van der Waals surface area contributed by atoms with Gasteiger partial charge in [0.2, 0.25) is 15.9 Å². The number of sulfonamides is 1. The van der Waals surface area contributed by atoms with Crippen molar-refractivity contribution in [3.05, 3.63) is 24.0 Å². The lowest BCUT2D eigenvalue weighted by Crippen LogP contribution is -2.46. The molecule has 1 aromatic rings. The number of nitrogens with zero attached hydrogens (tertiary/aromatic N) is 1. The molecule has 1 atom stereocenters. The topological polar surface area (TPSA) is 82.3 Å². The van der Waals surface area contributed by atoms with Crippen LogP contribution in [-0.4, -0.2) is 42.0 Å². The average molecular weight is 299 g/mol. The maximum atomic E-state index is 12.2. The van der Waals surface area contributed by atoms with Gasteiger partial charge in [0.15, 0.2) is 0 Å². The van der Waals surface area contributed by atoms with Gasteiger partial charge in [-0.2, -0.15) is 4.31 Å². The predicted molar refractivity (Wildman–Crippen MR) is 76.4 cm³/mol. The van der Waals surface area contributed by atoms with Crippen molar-refractivity contribution < 1.29 is 13.2 Å². The van der Waals surface area contributed by atoms with E-state index in [0.717, 1.165) is 12.0 Å². The molecule has 0 radical (unpaired) electrons. The van der Waals surface area contributed by atoms with Crippen LogP contribution >= 0.6 is 0 Å². The monoisotopic (exact) mass is 299 g/mol. The van der Waals surface area contributed by atoms with E-state index in [4.69, 9.17) is 0 Å². The first kappa shape index (κ1) is 15.1. The Hall–Kier alpha value is -1.34. The highest BCUT2D eigenvalue weighted by Crippen LogP contribution is 2.22. The molecule has 1 fully saturated rings. The third-order valence-corrected chi connectivity index (χ3v) is 5.53. The fourth-order valence-electron chi connectivity index (χ4n) is 2.49. The summed E-state index contributed by atoms with van der Waals surface area (Å²) < 4.78 is 25.6. The number of carbonyl (C=O) groups excluding carboxylic acids is 1. The number of amides is 1. The van der Waals surface area contributed by atoms with Crippen LogP contribution in [-0.2, 0) is 21.4 Å². The van der Waals surface area contributed by atoms with Crippen molar-refractivity contribution in [2.45, 2.75) is 38.8 Å². The molecule has 1 aliphatic rings. The summed E-state index contributed by atoms with van der Waals surface area (Å²) in [5, 5.41) is 2.81. The fraction of sp³-hybridized carbons (Fsp3) is 0.615. The van der Waals surface area contributed by atoms with Crippen molar-refractivity contribution in [3.63, 3.8) is 0 Å². The number of aromatic nitrogens is 1. The van der Waals surface area contributed by atoms with Crippen LogP contribution in [0.25, 0.3) is 0 Å².